The van der Waals surface area contributed by atoms with Gasteiger partial charge in [-0.2, -0.15) is 0 Å². The highest BCUT2D eigenvalue weighted by Gasteiger charge is 2.30. The van der Waals surface area contributed by atoms with E-state index >= 15 is 0 Å². The summed E-state index contributed by atoms with van der Waals surface area (Å²) < 4.78 is 5.10. The summed E-state index contributed by atoms with van der Waals surface area (Å²) in [5.74, 6) is 0.365. The fourth-order valence-corrected chi connectivity index (χ4v) is 2.23. The normalized spacial score (nSPS) is 18.3. The van der Waals surface area contributed by atoms with Crippen molar-refractivity contribution in [3.63, 3.8) is 0 Å². The van der Waals surface area contributed by atoms with E-state index in [1.807, 2.05) is 6.07 Å². The van der Waals surface area contributed by atoms with Gasteiger partial charge in [0.05, 0.1) is 24.0 Å². The second-order valence-corrected chi connectivity index (χ2v) is 4.54. The Hall–Kier alpha value is -2.43. The molecule has 20 heavy (non-hydrogen) atoms. The van der Waals surface area contributed by atoms with E-state index in [4.69, 9.17) is 4.74 Å². The lowest BCUT2D eigenvalue weighted by atomic mass is 9.95. The maximum absolute atomic E-state index is 12.1. The number of rotatable bonds is 3. The summed E-state index contributed by atoms with van der Waals surface area (Å²) >= 11 is 0. The van der Waals surface area contributed by atoms with Crippen molar-refractivity contribution in [2.45, 2.75) is 19.9 Å². The lowest BCUT2D eigenvalue weighted by molar-refractivity contribution is -0.139. The molecule has 1 heterocycles. The van der Waals surface area contributed by atoms with Crippen LogP contribution in [0.1, 0.15) is 25.5 Å². The van der Waals surface area contributed by atoms with Crippen LogP contribution >= 0.6 is 0 Å². The van der Waals surface area contributed by atoms with Crippen LogP contribution < -0.4 is 10.6 Å². The lowest BCUT2D eigenvalue weighted by Crippen LogP contribution is -2.39. The Balaban J connectivity index is 2.44. The molecule has 0 unspecified atom stereocenters. The number of phenols is 1. The first kappa shape index (κ1) is 14.0. The van der Waals surface area contributed by atoms with Crippen molar-refractivity contribution in [2.75, 3.05) is 6.61 Å². The van der Waals surface area contributed by atoms with E-state index in [0.717, 1.165) is 5.56 Å². The highest BCUT2D eigenvalue weighted by molar-refractivity contribution is 5.91. The van der Waals surface area contributed by atoms with Gasteiger partial charge in [-0.15, -0.1) is 0 Å². The second-order valence-electron chi connectivity index (χ2n) is 4.54. The molecule has 2 rings (SSSR count). The van der Waals surface area contributed by atoms with Crippen molar-refractivity contribution in [1.82, 2.24) is 10.6 Å². The lowest BCUT2D eigenvalue weighted by Gasteiger charge is -2.30. The molecular weight excluding hydrogens is 256 g/mol. The summed E-state index contributed by atoms with van der Waals surface area (Å²) in [6.45, 7) is 7.70. The first-order valence-electron chi connectivity index (χ1n) is 6.42. The van der Waals surface area contributed by atoms with Gasteiger partial charge in [-0.3, -0.25) is 0 Å². The molecule has 0 aromatic heterocycles. The van der Waals surface area contributed by atoms with Gasteiger partial charge >= 0.3 is 5.97 Å². The number of ether oxygens (including phenoxy) is 1. The van der Waals surface area contributed by atoms with Crippen LogP contribution in [0.4, 0.5) is 0 Å². The zero-order valence-electron chi connectivity index (χ0n) is 11.6. The van der Waals surface area contributed by atoms with E-state index in [-0.39, 0.29) is 11.7 Å². The number of aromatic hydroxyl groups is 1. The molecule has 1 atom stereocenters. The molecular formula is C15H18N2O3. The van der Waals surface area contributed by atoms with Gasteiger partial charge < -0.3 is 20.5 Å². The average molecular weight is 274 g/mol. The number of benzene rings is 1. The summed E-state index contributed by atoms with van der Waals surface area (Å²) in [4.78, 5) is 12.1. The molecule has 0 saturated heterocycles. The number of phenolic OH excluding ortho intramolecular Hbond substituents is 1. The standard InChI is InChI=1S/C15H18N2O3/c1-4-20-15(19)13-9(2)16-10(3)17-14(13)11-6-5-7-12(18)8-11/h5-8,14,16-18H,3-4H2,1-2H3/t14-/m0/s1. The Kier molecular flexibility index (Phi) is 3.98. The Morgan fingerprint density at radius 3 is 2.90 bits per heavy atom. The van der Waals surface area contributed by atoms with Crippen LogP contribution in [0.15, 0.2) is 47.9 Å². The Labute approximate surface area is 117 Å². The third kappa shape index (κ3) is 2.77. The van der Waals surface area contributed by atoms with Crippen LogP contribution in [0.25, 0.3) is 0 Å². The minimum absolute atomic E-state index is 0.148. The molecule has 5 nitrogen and oxygen atoms in total. The molecule has 0 amide bonds. The molecule has 0 spiro atoms. The molecule has 5 heteroatoms. The topological polar surface area (TPSA) is 70.6 Å². The number of esters is 1. The van der Waals surface area contributed by atoms with Gasteiger partial charge in [-0.05, 0) is 31.5 Å². The summed E-state index contributed by atoms with van der Waals surface area (Å²) in [5, 5.41) is 15.7. The van der Waals surface area contributed by atoms with Crippen molar-refractivity contribution >= 4 is 5.97 Å². The van der Waals surface area contributed by atoms with Crippen molar-refractivity contribution in [3.05, 3.63) is 53.5 Å². The predicted molar refractivity (Wildman–Crippen MR) is 75.6 cm³/mol. The quantitative estimate of drug-likeness (QED) is 0.735. The smallest absolute Gasteiger partial charge is 0.338 e. The fourth-order valence-electron chi connectivity index (χ4n) is 2.23. The first-order valence-corrected chi connectivity index (χ1v) is 6.42. The van der Waals surface area contributed by atoms with E-state index in [2.05, 4.69) is 17.2 Å². The highest BCUT2D eigenvalue weighted by atomic mass is 16.5. The third-order valence-corrected chi connectivity index (χ3v) is 3.05. The number of carbonyl (C=O) groups excluding carboxylic acids is 1. The molecule has 0 bridgehead atoms. The maximum atomic E-state index is 12.1. The summed E-state index contributed by atoms with van der Waals surface area (Å²) in [7, 11) is 0. The van der Waals surface area contributed by atoms with Crippen molar-refractivity contribution in [1.29, 1.82) is 0 Å². The van der Waals surface area contributed by atoms with E-state index in [1.165, 1.54) is 0 Å². The van der Waals surface area contributed by atoms with Crippen molar-refractivity contribution in [2.24, 2.45) is 0 Å². The van der Waals surface area contributed by atoms with Gasteiger partial charge in [-0.1, -0.05) is 18.7 Å². The maximum Gasteiger partial charge on any atom is 0.338 e. The van der Waals surface area contributed by atoms with Gasteiger partial charge in [0.1, 0.15) is 5.75 Å². The Morgan fingerprint density at radius 2 is 2.25 bits per heavy atom. The molecule has 0 fully saturated rings. The molecule has 3 N–H and O–H groups in total. The van der Waals surface area contributed by atoms with E-state index in [9.17, 15) is 9.90 Å². The molecule has 1 aliphatic rings. The fraction of sp³-hybridized carbons (Fsp3) is 0.267. The minimum Gasteiger partial charge on any atom is -0.508 e. The van der Waals surface area contributed by atoms with Gasteiger partial charge in [0, 0.05) is 5.70 Å². The molecule has 1 aromatic rings. The van der Waals surface area contributed by atoms with Crippen LogP contribution in [-0.2, 0) is 9.53 Å². The molecule has 0 radical (unpaired) electrons. The van der Waals surface area contributed by atoms with Crippen molar-refractivity contribution < 1.29 is 14.6 Å². The van der Waals surface area contributed by atoms with Crippen LogP contribution in [0.5, 0.6) is 5.75 Å². The van der Waals surface area contributed by atoms with Crippen LogP contribution in [0, 0.1) is 0 Å². The average Bonchev–Trinajstić information content (AvgIpc) is 2.37. The largest absolute Gasteiger partial charge is 0.508 e. The SMILES string of the molecule is C=C1NC(C)=C(C(=O)OCC)[C@H](c2cccc(O)c2)N1. The molecule has 1 aliphatic heterocycles. The van der Waals surface area contributed by atoms with E-state index < -0.39 is 6.04 Å². The third-order valence-electron chi connectivity index (χ3n) is 3.05. The summed E-state index contributed by atoms with van der Waals surface area (Å²) in [6, 6.07) is 6.37. The summed E-state index contributed by atoms with van der Waals surface area (Å²) in [6.07, 6.45) is 0. The number of hydrogen-bond donors (Lipinski definition) is 3. The van der Waals surface area contributed by atoms with Gasteiger partial charge in [0.15, 0.2) is 0 Å². The number of nitrogens with one attached hydrogen (secondary N) is 2. The van der Waals surface area contributed by atoms with Gasteiger partial charge in [0.25, 0.3) is 0 Å². The minimum atomic E-state index is -0.394. The first-order chi connectivity index (χ1) is 9.52. The van der Waals surface area contributed by atoms with Crippen molar-refractivity contribution in [3.8, 4) is 5.75 Å². The summed E-state index contributed by atoms with van der Waals surface area (Å²) in [5.41, 5.74) is 1.96. The molecule has 1 aromatic carbocycles. The highest BCUT2D eigenvalue weighted by Crippen LogP contribution is 2.30. The molecule has 0 aliphatic carbocycles. The number of hydrogen-bond acceptors (Lipinski definition) is 5. The van der Waals surface area contributed by atoms with E-state index in [1.54, 1.807) is 32.0 Å². The number of carbonyl (C=O) groups is 1. The molecule has 0 saturated carbocycles. The number of allylic oxidation sites excluding steroid dienone is 1. The second kappa shape index (κ2) is 5.69. The van der Waals surface area contributed by atoms with Gasteiger partial charge in [-0.25, -0.2) is 4.79 Å². The predicted octanol–water partition coefficient (Wildman–Crippen LogP) is 1.93. The van der Waals surface area contributed by atoms with Crippen LogP contribution in [0.2, 0.25) is 0 Å². The van der Waals surface area contributed by atoms with Gasteiger partial charge in [0.2, 0.25) is 0 Å². The van der Waals surface area contributed by atoms with E-state index in [0.29, 0.717) is 23.7 Å². The zero-order valence-corrected chi connectivity index (χ0v) is 11.6. The van der Waals surface area contributed by atoms with Crippen LogP contribution in [0.3, 0.4) is 0 Å². The molecule has 106 valence electrons. The Morgan fingerprint density at radius 1 is 1.50 bits per heavy atom. The Bertz CT molecular complexity index is 578. The zero-order chi connectivity index (χ0) is 14.7. The van der Waals surface area contributed by atoms with Crippen LogP contribution in [-0.4, -0.2) is 17.7 Å². The monoisotopic (exact) mass is 274 g/mol.